The Morgan fingerprint density at radius 2 is 1.94 bits per heavy atom. The maximum absolute atomic E-state index is 12.5. The van der Waals surface area contributed by atoms with Gasteiger partial charge in [0.05, 0.1) is 24.9 Å². The maximum atomic E-state index is 12.5. The average molecular weight is 437 g/mol. The molecule has 1 aromatic carbocycles. The summed E-state index contributed by atoms with van der Waals surface area (Å²) in [7, 11) is 1.66. The maximum Gasteiger partial charge on any atom is 0.230 e. The van der Waals surface area contributed by atoms with Crippen LogP contribution in [0, 0.1) is 27.7 Å². The molecule has 0 saturated carbocycles. The zero-order valence-corrected chi connectivity index (χ0v) is 19.0. The SMILES string of the molecule is COc1ccc(-n2c(C)cc(-c3csc(NC(=O)Cc4c(C)noc4C)n3)c2C)cc1. The first-order valence-electron chi connectivity index (χ1n) is 9.88. The molecular formula is C23H24N4O3S. The number of carbonyl (C=O) groups excluding carboxylic acids is 1. The Morgan fingerprint density at radius 3 is 2.58 bits per heavy atom. The number of methoxy groups -OCH3 is 1. The van der Waals surface area contributed by atoms with E-state index in [-0.39, 0.29) is 12.3 Å². The zero-order valence-electron chi connectivity index (χ0n) is 18.1. The molecule has 3 heterocycles. The lowest BCUT2D eigenvalue weighted by Crippen LogP contribution is -2.15. The minimum absolute atomic E-state index is 0.140. The summed E-state index contributed by atoms with van der Waals surface area (Å²) >= 11 is 1.41. The molecule has 7 nitrogen and oxygen atoms in total. The van der Waals surface area contributed by atoms with Crippen LogP contribution in [0.2, 0.25) is 0 Å². The van der Waals surface area contributed by atoms with E-state index in [0.29, 0.717) is 10.9 Å². The molecule has 4 aromatic rings. The topological polar surface area (TPSA) is 82.2 Å². The number of carbonyl (C=O) groups is 1. The van der Waals surface area contributed by atoms with Crippen molar-refractivity contribution < 1.29 is 14.1 Å². The second-order valence-electron chi connectivity index (χ2n) is 7.38. The molecule has 0 radical (unpaired) electrons. The molecule has 0 aliphatic rings. The molecule has 3 aromatic heterocycles. The summed E-state index contributed by atoms with van der Waals surface area (Å²) < 4.78 is 12.6. The molecule has 1 N–H and O–H groups in total. The standard InChI is InChI=1S/C23H24N4O3S/c1-13-10-20(15(3)27(13)17-6-8-18(29-5)9-7-17)21-12-31-23(24-21)25-22(28)11-19-14(2)26-30-16(19)4/h6-10,12H,11H2,1-5H3,(H,24,25,28). The van der Waals surface area contributed by atoms with Crippen LogP contribution in [-0.2, 0) is 11.2 Å². The smallest absolute Gasteiger partial charge is 0.230 e. The number of rotatable bonds is 6. The number of ether oxygens (including phenoxy) is 1. The van der Waals surface area contributed by atoms with Crippen LogP contribution in [0.15, 0.2) is 40.2 Å². The van der Waals surface area contributed by atoms with Crippen LogP contribution < -0.4 is 10.1 Å². The lowest BCUT2D eigenvalue weighted by atomic mass is 10.1. The number of amides is 1. The quantitative estimate of drug-likeness (QED) is 0.459. The van der Waals surface area contributed by atoms with Crippen molar-refractivity contribution >= 4 is 22.4 Å². The van der Waals surface area contributed by atoms with Crippen LogP contribution in [0.4, 0.5) is 5.13 Å². The first kappa shape index (κ1) is 20.9. The lowest BCUT2D eigenvalue weighted by Gasteiger charge is -2.10. The Kier molecular flexibility index (Phi) is 5.65. The Labute approximate surface area is 184 Å². The number of aromatic nitrogens is 3. The molecule has 4 rings (SSSR count). The Bertz CT molecular complexity index is 1210. The van der Waals surface area contributed by atoms with Gasteiger partial charge in [-0.2, -0.15) is 0 Å². The molecule has 0 aliphatic carbocycles. The van der Waals surface area contributed by atoms with E-state index in [2.05, 4.69) is 39.9 Å². The summed E-state index contributed by atoms with van der Waals surface area (Å²) in [6.45, 7) is 7.78. The van der Waals surface area contributed by atoms with Gasteiger partial charge in [-0.05, 0) is 58.0 Å². The Balaban J connectivity index is 1.54. The van der Waals surface area contributed by atoms with Gasteiger partial charge in [0.25, 0.3) is 0 Å². The largest absolute Gasteiger partial charge is 0.497 e. The van der Waals surface area contributed by atoms with Crippen LogP contribution in [0.3, 0.4) is 0 Å². The van der Waals surface area contributed by atoms with Crippen LogP contribution in [0.5, 0.6) is 5.75 Å². The van der Waals surface area contributed by atoms with Gasteiger partial charge >= 0.3 is 0 Å². The number of nitrogens with zero attached hydrogens (tertiary/aromatic N) is 3. The fraction of sp³-hybridized carbons (Fsp3) is 0.261. The van der Waals surface area contributed by atoms with E-state index >= 15 is 0 Å². The molecule has 0 aliphatic heterocycles. The van der Waals surface area contributed by atoms with E-state index in [1.807, 2.05) is 43.5 Å². The predicted molar refractivity (Wildman–Crippen MR) is 121 cm³/mol. The minimum Gasteiger partial charge on any atom is -0.497 e. The van der Waals surface area contributed by atoms with Crippen molar-refractivity contribution in [3.8, 4) is 22.7 Å². The Morgan fingerprint density at radius 1 is 1.19 bits per heavy atom. The molecule has 31 heavy (non-hydrogen) atoms. The van der Waals surface area contributed by atoms with Crippen molar-refractivity contribution in [2.24, 2.45) is 0 Å². The average Bonchev–Trinajstić information content (AvgIpc) is 3.42. The van der Waals surface area contributed by atoms with Gasteiger partial charge in [-0.15, -0.1) is 11.3 Å². The molecule has 1 amide bonds. The van der Waals surface area contributed by atoms with Gasteiger partial charge in [0.2, 0.25) is 5.91 Å². The lowest BCUT2D eigenvalue weighted by molar-refractivity contribution is -0.115. The van der Waals surface area contributed by atoms with E-state index in [0.717, 1.165) is 45.3 Å². The summed E-state index contributed by atoms with van der Waals surface area (Å²) in [6.07, 6.45) is 0.210. The fourth-order valence-electron chi connectivity index (χ4n) is 3.68. The van der Waals surface area contributed by atoms with Crippen molar-refractivity contribution in [1.82, 2.24) is 14.7 Å². The highest BCUT2D eigenvalue weighted by molar-refractivity contribution is 7.14. The van der Waals surface area contributed by atoms with E-state index in [1.165, 1.54) is 11.3 Å². The van der Waals surface area contributed by atoms with Crippen molar-refractivity contribution in [3.05, 3.63) is 64.1 Å². The van der Waals surface area contributed by atoms with Crippen molar-refractivity contribution in [2.45, 2.75) is 34.1 Å². The zero-order chi connectivity index (χ0) is 22.1. The molecule has 0 spiro atoms. The summed E-state index contributed by atoms with van der Waals surface area (Å²) in [5.41, 5.74) is 6.68. The third-order valence-corrected chi connectivity index (χ3v) is 6.06. The molecule has 0 saturated heterocycles. The fourth-order valence-corrected chi connectivity index (χ4v) is 4.41. The van der Waals surface area contributed by atoms with Gasteiger partial charge in [0, 0.05) is 33.6 Å². The van der Waals surface area contributed by atoms with Gasteiger partial charge in [-0.3, -0.25) is 4.79 Å². The number of nitrogens with one attached hydrogen (secondary N) is 1. The first-order chi connectivity index (χ1) is 14.9. The van der Waals surface area contributed by atoms with Crippen molar-refractivity contribution in [3.63, 3.8) is 0 Å². The van der Waals surface area contributed by atoms with Gasteiger partial charge < -0.3 is 19.1 Å². The van der Waals surface area contributed by atoms with Crippen LogP contribution in [-0.4, -0.2) is 27.7 Å². The third-order valence-electron chi connectivity index (χ3n) is 5.31. The number of thiazole rings is 1. The Hall–Kier alpha value is -3.39. The van der Waals surface area contributed by atoms with Crippen LogP contribution in [0.1, 0.15) is 28.4 Å². The van der Waals surface area contributed by atoms with E-state index in [9.17, 15) is 4.79 Å². The molecular weight excluding hydrogens is 412 g/mol. The highest BCUT2D eigenvalue weighted by Crippen LogP contribution is 2.32. The molecule has 0 atom stereocenters. The molecule has 8 heteroatoms. The van der Waals surface area contributed by atoms with E-state index < -0.39 is 0 Å². The first-order valence-corrected chi connectivity index (χ1v) is 10.8. The van der Waals surface area contributed by atoms with Gasteiger partial charge in [0.1, 0.15) is 11.5 Å². The molecule has 0 unspecified atom stereocenters. The van der Waals surface area contributed by atoms with Gasteiger partial charge in [-0.1, -0.05) is 5.16 Å². The minimum atomic E-state index is -0.140. The van der Waals surface area contributed by atoms with Gasteiger partial charge in [0.15, 0.2) is 5.13 Å². The number of hydrogen-bond acceptors (Lipinski definition) is 6. The highest BCUT2D eigenvalue weighted by Gasteiger charge is 2.17. The number of hydrogen-bond donors (Lipinski definition) is 1. The third kappa shape index (κ3) is 4.11. The number of aryl methyl sites for hydroxylation is 3. The second kappa shape index (κ2) is 8.39. The monoisotopic (exact) mass is 436 g/mol. The van der Waals surface area contributed by atoms with E-state index in [1.54, 1.807) is 7.11 Å². The summed E-state index contributed by atoms with van der Waals surface area (Å²) in [5.74, 6) is 1.35. The van der Waals surface area contributed by atoms with Gasteiger partial charge in [-0.25, -0.2) is 4.98 Å². The number of benzene rings is 1. The number of anilines is 1. The van der Waals surface area contributed by atoms with Crippen molar-refractivity contribution in [2.75, 3.05) is 12.4 Å². The van der Waals surface area contributed by atoms with Crippen molar-refractivity contribution in [1.29, 1.82) is 0 Å². The molecule has 160 valence electrons. The van der Waals surface area contributed by atoms with Crippen LogP contribution in [0.25, 0.3) is 16.9 Å². The summed E-state index contributed by atoms with van der Waals surface area (Å²) in [6, 6.07) is 10.1. The molecule has 0 fully saturated rings. The summed E-state index contributed by atoms with van der Waals surface area (Å²) in [4.78, 5) is 17.1. The van der Waals surface area contributed by atoms with Crippen LogP contribution >= 0.6 is 11.3 Å². The highest BCUT2D eigenvalue weighted by atomic mass is 32.1. The predicted octanol–water partition coefficient (Wildman–Crippen LogP) is 5.01. The molecule has 0 bridgehead atoms. The van der Waals surface area contributed by atoms with E-state index in [4.69, 9.17) is 9.26 Å². The normalized spacial score (nSPS) is 11.0. The summed E-state index contributed by atoms with van der Waals surface area (Å²) in [5, 5.41) is 9.32. The second-order valence-corrected chi connectivity index (χ2v) is 8.24.